The van der Waals surface area contributed by atoms with Crippen molar-refractivity contribution < 1.29 is 5.21 Å². The summed E-state index contributed by atoms with van der Waals surface area (Å²) in [5, 5.41) is 11.9. The van der Waals surface area contributed by atoms with Crippen molar-refractivity contribution in [2.24, 2.45) is 22.9 Å². The van der Waals surface area contributed by atoms with Crippen LogP contribution in [0.1, 0.15) is 19.8 Å². The summed E-state index contributed by atoms with van der Waals surface area (Å²) in [5.74, 6) is 1.95. The summed E-state index contributed by atoms with van der Waals surface area (Å²) in [6.45, 7) is 1.92. The maximum absolute atomic E-state index is 8.59. The van der Waals surface area contributed by atoms with Gasteiger partial charge in [0, 0.05) is 5.92 Å². The molecule has 1 N–H and O–H groups in total. The van der Waals surface area contributed by atoms with Crippen LogP contribution >= 0.6 is 0 Å². The van der Waals surface area contributed by atoms with E-state index in [2.05, 4.69) is 17.3 Å². The van der Waals surface area contributed by atoms with Crippen LogP contribution in [0.5, 0.6) is 0 Å². The SMILES string of the molecule is C/C(=N/O)[C@@H]1C[C@@H]2C=C[C@H]1C2. The molecule has 0 aromatic carbocycles. The number of hydrogen-bond donors (Lipinski definition) is 1. The van der Waals surface area contributed by atoms with Crippen molar-refractivity contribution in [3.05, 3.63) is 12.2 Å². The summed E-state index contributed by atoms with van der Waals surface area (Å²) in [4.78, 5) is 0. The molecule has 0 heterocycles. The first-order valence-corrected chi connectivity index (χ1v) is 4.18. The Bertz CT molecular complexity index is 220. The third-order valence-corrected chi connectivity index (χ3v) is 2.97. The smallest absolute Gasteiger partial charge is 0.0576 e. The van der Waals surface area contributed by atoms with Gasteiger partial charge >= 0.3 is 0 Å². The first-order chi connectivity index (χ1) is 5.31. The van der Waals surface area contributed by atoms with E-state index in [9.17, 15) is 0 Å². The number of nitrogens with zero attached hydrogens (tertiary/aromatic N) is 1. The lowest BCUT2D eigenvalue weighted by Gasteiger charge is -2.15. The predicted molar refractivity (Wildman–Crippen MR) is 43.7 cm³/mol. The predicted octanol–water partition coefficient (Wildman–Crippen LogP) is 2.05. The Morgan fingerprint density at radius 3 is 2.73 bits per heavy atom. The fourth-order valence-corrected chi connectivity index (χ4v) is 2.34. The van der Waals surface area contributed by atoms with E-state index >= 15 is 0 Å². The minimum atomic E-state index is 0.523. The molecule has 11 heavy (non-hydrogen) atoms. The van der Waals surface area contributed by atoms with E-state index in [-0.39, 0.29) is 0 Å². The van der Waals surface area contributed by atoms with Crippen LogP contribution in [-0.2, 0) is 0 Å². The first kappa shape index (κ1) is 6.89. The van der Waals surface area contributed by atoms with Crippen LogP contribution in [0.3, 0.4) is 0 Å². The van der Waals surface area contributed by atoms with Gasteiger partial charge in [0.25, 0.3) is 0 Å². The molecule has 0 spiro atoms. The molecule has 0 radical (unpaired) electrons. The Labute approximate surface area is 66.6 Å². The van der Waals surface area contributed by atoms with Crippen molar-refractivity contribution in [2.75, 3.05) is 0 Å². The molecule has 2 nitrogen and oxygen atoms in total. The van der Waals surface area contributed by atoms with E-state index in [4.69, 9.17) is 5.21 Å². The molecule has 1 fully saturated rings. The van der Waals surface area contributed by atoms with Gasteiger partial charge in [-0.2, -0.15) is 0 Å². The Morgan fingerprint density at radius 1 is 1.45 bits per heavy atom. The van der Waals surface area contributed by atoms with Gasteiger partial charge in [0.2, 0.25) is 0 Å². The van der Waals surface area contributed by atoms with Crippen LogP contribution < -0.4 is 0 Å². The van der Waals surface area contributed by atoms with Gasteiger partial charge < -0.3 is 5.21 Å². The normalized spacial score (nSPS) is 41.9. The highest BCUT2D eigenvalue weighted by molar-refractivity contribution is 5.84. The van der Waals surface area contributed by atoms with Gasteiger partial charge in [-0.3, -0.25) is 0 Å². The molecular weight excluding hydrogens is 138 g/mol. The van der Waals surface area contributed by atoms with Crippen molar-refractivity contribution in [3.8, 4) is 0 Å². The lowest BCUT2D eigenvalue weighted by Crippen LogP contribution is -2.15. The Morgan fingerprint density at radius 2 is 2.27 bits per heavy atom. The van der Waals surface area contributed by atoms with Gasteiger partial charge in [-0.05, 0) is 31.6 Å². The number of hydrogen-bond acceptors (Lipinski definition) is 2. The van der Waals surface area contributed by atoms with E-state index in [1.807, 2.05) is 6.92 Å². The second-order valence-corrected chi connectivity index (χ2v) is 3.63. The fourth-order valence-electron chi connectivity index (χ4n) is 2.34. The number of fused-ring (bicyclic) bond motifs is 2. The Kier molecular flexibility index (Phi) is 1.48. The fraction of sp³-hybridized carbons (Fsp3) is 0.667. The zero-order chi connectivity index (χ0) is 7.84. The minimum absolute atomic E-state index is 0.523. The summed E-state index contributed by atoms with van der Waals surface area (Å²) < 4.78 is 0. The van der Waals surface area contributed by atoms with Gasteiger partial charge in [-0.15, -0.1) is 0 Å². The van der Waals surface area contributed by atoms with Crippen LogP contribution in [0.25, 0.3) is 0 Å². The van der Waals surface area contributed by atoms with Crippen LogP contribution in [0.4, 0.5) is 0 Å². The largest absolute Gasteiger partial charge is 0.411 e. The van der Waals surface area contributed by atoms with Crippen molar-refractivity contribution in [3.63, 3.8) is 0 Å². The highest BCUT2D eigenvalue weighted by Gasteiger charge is 2.37. The summed E-state index contributed by atoms with van der Waals surface area (Å²) in [7, 11) is 0. The summed E-state index contributed by atoms with van der Waals surface area (Å²) in [6, 6.07) is 0. The highest BCUT2D eigenvalue weighted by Crippen LogP contribution is 2.43. The molecule has 0 unspecified atom stereocenters. The standard InChI is InChI=1S/C9H13NO/c1-6(10-11)9-5-7-2-3-8(9)4-7/h2-3,7-9,11H,4-5H2,1H3/b10-6-/t7-,8+,9+/m1/s1. The van der Waals surface area contributed by atoms with Crippen LogP contribution in [-0.4, -0.2) is 10.9 Å². The summed E-state index contributed by atoms with van der Waals surface area (Å²) in [5.41, 5.74) is 0.904. The molecule has 0 aromatic rings. The lowest BCUT2D eigenvalue weighted by molar-refractivity contribution is 0.312. The number of oxime groups is 1. The Balaban J connectivity index is 2.14. The van der Waals surface area contributed by atoms with Gasteiger partial charge in [0.1, 0.15) is 0 Å². The topological polar surface area (TPSA) is 32.6 Å². The van der Waals surface area contributed by atoms with Gasteiger partial charge in [-0.25, -0.2) is 0 Å². The molecule has 2 aliphatic carbocycles. The second kappa shape index (κ2) is 2.36. The monoisotopic (exact) mass is 151 g/mol. The van der Waals surface area contributed by atoms with Gasteiger partial charge in [0.15, 0.2) is 0 Å². The highest BCUT2D eigenvalue weighted by atomic mass is 16.4. The molecule has 3 atom stereocenters. The summed E-state index contributed by atoms with van der Waals surface area (Å²) >= 11 is 0. The number of rotatable bonds is 1. The lowest BCUT2D eigenvalue weighted by atomic mass is 9.90. The second-order valence-electron chi connectivity index (χ2n) is 3.63. The molecule has 2 rings (SSSR count). The zero-order valence-electron chi connectivity index (χ0n) is 6.70. The zero-order valence-corrected chi connectivity index (χ0v) is 6.70. The van der Waals surface area contributed by atoms with Crippen molar-refractivity contribution in [1.82, 2.24) is 0 Å². The van der Waals surface area contributed by atoms with E-state index < -0.39 is 0 Å². The molecule has 2 bridgehead atoms. The van der Waals surface area contributed by atoms with Crippen molar-refractivity contribution in [1.29, 1.82) is 0 Å². The van der Waals surface area contributed by atoms with Gasteiger partial charge in [0.05, 0.1) is 5.71 Å². The average Bonchev–Trinajstić information content (AvgIpc) is 2.62. The maximum atomic E-state index is 8.59. The molecule has 0 saturated heterocycles. The van der Waals surface area contributed by atoms with Crippen LogP contribution in [0, 0.1) is 17.8 Å². The number of allylic oxidation sites excluding steroid dienone is 2. The quantitative estimate of drug-likeness (QED) is 0.264. The summed E-state index contributed by atoms with van der Waals surface area (Å²) in [6.07, 6.45) is 7.04. The minimum Gasteiger partial charge on any atom is -0.411 e. The average molecular weight is 151 g/mol. The molecule has 1 saturated carbocycles. The van der Waals surface area contributed by atoms with Gasteiger partial charge in [-0.1, -0.05) is 17.3 Å². The maximum Gasteiger partial charge on any atom is 0.0576 e. The Hall–Kier alpha value is -0.790. The van der Waals surface area contributed by atoms with E-state index in [1.54, 1.807) is 0 Å². The molecule has 60 valence electrons. The third-order valence-electron chi connectivity index (χ3n) is 2.97. The third kappa shape index (κ3) is 0.971. The van der Waals surface area contributed by atoms with Crippen LogP contribution in [0.15, 0.2) is 17.3 Å². The first-order valence-electron chi connectivity index (χ1n) is 4.18. The molecular formula is C9H13NO. The molecule has 0 aliphatic heterocycles. The van der Waals surface area contributed by atoms with E-state index in [0.29, 0.717) is 11.8 Å². The molecule has 0 amide bonds. The molecule has 2 heteroatoms. The molecule has 0 aromatic heterocycles. The van der Waals surface area contributed by atoms with Crippen molar-refractivity contribution >= 4 is 5.71 Å². The van der Waals surface area contributed by atoms with Crippen LogP contribution in [0.2, 0.25) is 0 Å². The van der Waals surface area contributed by atoms with E-state index in [0.717, 1.165) is 11.6 Å². The van der Waals surface area contributed by atoms with Crippen molar-refractivity contribution in [2.45, 2.75) is 19.8 Å². The molecule has 2 aliphatic rings. The van der Waals surface area contributed by atoms with E-state index in [1.165, 1.54) is 12.8 Å².